The number of nitrogens with two attached hydrogens (primary N) is 1. The molecule has 2 atom stereocenters. The van der Waals surface area contributed by atoms with Crippen LogP contribution in [0.15, 0.2) is 30.3 Å². The summed E-state index contributed by atoms with van der Waals surface area (Å²) in [7, 11) is 0. The number of hydrogen-bond donors (Lipinski definition) is 2. The van der Waals surface area contributed by atoms with E-state index in [0.717, 1.165) is 45.2 Å². The number of morpholine rings is 1. The number of rotatable bonds is 1. The summed E-state index contributed by atoms with van der Waals surface area (Å²) in [6.07, 6.45) is 5.61. The summed E-state index contributed by atoms with van der Waals surface area (Å²) in [5, 5.41) is 3.65. The van der Waals surface area contributed by atoms with E-state index in [-0.39, 0.29) is 11.2 Å². The Bertz CT molecular complexity index is 481. The van der Waals surface area contributed by atoms with E-state index in [2.05, 4.69) is 35.6 Å². The fourth-order valence-electron chi connectivity index (χ4n) is 4.15. The molecular weight excluding hydrogens is 248 g/mol. The van der Waals surface area contributed by atoms with Crippen molar-refractivity contribution in [1.29, 1.82) is 0 Å². The molecule has 2 saturated carbocycles. The zero-order valence-corrected chi connectivity index (χ0v) is 12.0. The molecule has 2 spiro atoms. The first-order valence-electron chi connectivity index (χ1n) is 7.93. The molecule has 0 bridgehead atoms. The molecule has 1 aromatic rings. The van der Waals surface area contributed by atoms with Crippen molar-refractivity contribution < 1.29 is 4.74 Å². The van der Waals surface area contributed by atoms with Crippen LogP contribution in [-0.2, 0) is 4.74 Å². The molecule has 1 heterocycles. The van der Waals surface area contributed by atoms with Gasteiger partial charge in [0.1, 0.15) is 0 Å². The minimum atomic E-state index is 0.0532. The molecule has 2 unspecified atom stereocenters. The van der Waals surface area contributed by atoms with E-state index in [4.69, 9.17) is 10.5 Å². The van der Waals surface area contributed by atoms with E-state index in [0.29, 0.717) is 12.0 Å². The third kappa shape index (κ3) is 2.09. The van der Waals surface area contributed by atoms with Crippen LogP contribution >= 0.6 is 0 Å². The van der Waals surface area contributed by atoms with Crippen LogP contribution in [0.4, 0.5) is 0 Å². The molecule has 108 valence electrons. The average molecular weight is 272 g/mol. The van der Waals surface area contributed by atoms with Crippen molar-refractivity contribution in [1.82, 2.24) is 5.32 Å². The summed E-state index contributed by atoms with van der Waals surface area (Å²) < 4.78 is 6.71. The van der Waals surface area contributed by atoms with Gasteiger partial charge < -0.3 is 15.8 Å². The van der Waals surface area contributed by atoms with Gasteiger partial charge in [0.15, 0.2) is 0 Å². The largest absolute Gasteiger partial charge is 0.365 e. The maximum Gasteiger partial charge on any atom is 0.0890 e. The molecule has 2 aliphatic carbocycles. The van der Waals surface area contributed by atoms with Gasteiger partial charge in [0.2, 0.25) is 0 Å². The maximum absolute atomic E-state index is 6.71. The molecule has 4 rings (SSSR count). The van der Waals surface area contributed by atoms with Crippen molar-refractivity contribution >= 4 is 0 Å². The molecule has 0 aromatic heterocycles. The van der Waals surface area contributed by atoms with Crippen molar-refractivity contribution in [3.8, 4) is 0 Å². The van der Waals surface area contributed by atoms with Gasteiger partial charge in [-0.1, -0.05) is 30.3 Å². The Morgan fingerprint density at radius 3 is 2.60 bits per heavy atom. The minimum absolute atomic E-state index is 0.0532. The van der Waals surface area contributed by atoms with Gasteiger partial charge in [-0.15, -0.1) is 0 Å². The lowest BCUT2D eigenvalue weighted by Gasteiger charge is -2.46. The molecule has 3 aliphatic rings. The van der Waals surface area contributed by atoms with Crippen molar-refractivity contribution in [2.45, 2.75) is 55.3 Å². The van der Waals surface area contributed by atoms with Gasteiger partial charge in [0, 0.05) is 25.0 Å². The maximum atomic E-state index is 6.71. The number of hydrogen-bond acceptors (Lipinski definition) is 3. The molecule has 0 radical (unpaired) electrons. The highest BCUT2D eigenvalue weighted by molar-refractivity contribution is 5.33. The van der Waals surface area contributed by atoms with E-state index in [9.17, 15) is 0 Å². The first kappa shape index (κ1) is 12.8. The van der Waals surface area contributed by atoms with Crippen LogP contribution in [0.3, 0.4) is 0 Å². The van der Waals surface area contributed by atoms with Crippen LogP contribution in [0.1, 0.15) is 43.6 Å². The summed E-state index contributed by atoms with van der Waals surface area (Å²) in [6.45, 7) is 2.00. The van der Waals surface area contributed by atoms with Crippen molar-refractivity contribution in [2.24, 2.45) is 5.73 Å². The average Bonchev–Trinajstić information content (AvgIpc) is 3.16. The number of benzene rings is 1. The molecule has 20 heavy (non-hydrogen) atoms. The van der Waals surface area contributed by atoms with Gasteiger partial charge in [-0.2, -0.15) is 0 Å². The minimum Gasteiger partial charge on any atom is -0.365 e. The predicted octanol–water partition coefficient (Wildman–Crippen LogP) is 2.17. The SMILES string of the molecule is NC1CCC2(CC1)CNCC1(CC1c1ccccc1)O2. The van der Waals surface area contributed by atoms with Crippen molar-refractivity contribution in [2.75, 3.05) is 13.1 Å². The monoisotopic (exact) mass is 272 g/mol. The summed E-state index contributed by atoms with van der Waals surface area (Å²) in [6, 6.07) is 11.2. The molecule has 1 saturated heterocycles. The van der Waals surface area contributed by atoms with Gasteiger partial charge in [-0.05, 0) is 37.7 Å². The number of nitrogens with one attached hydrogen (secondary N) is 1. The smallest absolute Gasteiger partial charge is 0.0890 e. The second-order valence-electron chi connectivity index (χ2n) is 6.96. The molecule has 3 fully saturated rings. The Morgan fingerprint density at radius 2 is 1.85 bits per heavy atom. The quantitative estimate of drug-likeness (QED) is 0.823. The molecule has 3 N–H and O–H groups in total. The molecular formula is C17H24N2O. The topological polar surface area (TPSA) is 47.3 Å². The Labute approximate surface area is 120 Å². The van der Waals surface area contributed by atoms with E-state index in [1.165, 1.54) is 5.56 Å². The molecule has 3 heteroatoms. The van der Waals surface area contributed by atoms with E-state index in [1.54, 1.807) is 0 Å². The van der Waals surface area contributed by atoms with Gasteiger partial charge >= 0.3 is 0 Å². The molecule has 0 amide bonds. The van der Waals surface area contributed by atoms with Crippen LogP contribution in [0.5, 0.6) is 0 Å². The Kier molecular flexibility index (Phi) is 2.92. The standard InChI is InChI=1S/C17H24N2O/c18-14-6-8-16(9-7-14)11-19-12-17(20-16)10-15(17)13-4-2-1-3-5-13/h1-5,14-15,19H,6-12,18H2. The van der Waals surface area contributed by atoms with E-state index < -0.39 is 0 Å². The van der Waals surface area contributed by atoms with E-state index in [1.807, 2.05) is 0 Å². The van der Waals surface area contributed by atoms with Crippen molar-refractivity contribution in [3.63, 3.8) is 0 Å². The van der Waals surface area contributed by atoms with Crippen LogP contribution in [0, 0.1) is 0 Å². The van der Waals surface area contributed by atoms with Crippen LogP contribution in [0.2, 0.25) is 0 Å². The third-order valence-corrected chi connectivity index (χ3v) is 5.46. The van der Waals surface area contributed by atoms with Crippen LogP contribution < -0.4 is 11.1 Å². The fourth-order valence-corrected chi connectivity index (χ4v) is 4.15. The van der Waals surface area contributed by atoms with Crippen LogP contribution in [-0.4, -0.2) is 30.3 Å². The van der Waals surface area contributed by atoms with E-state index >= 15 is 0 Å². The normalized spacial score (nSPS) is 43.9. The molecule has 1 aliphatic heterocycles. The fraction of sp³-hybridized carbons (Fsp3) is 0.647. The predicted molar refractivity (Wildman–Crippen MR) is 79.7 cm³/mol. The summed E-state index contributed by atoms with van der Waals surface area (Å²) in [4.78, 5) is 0. The summed E-state index contributed by atoms with van der Waals surface area (Å²) >= 11 is 0. The number of ether oxygens (including phenoxy) is 1. The summed E-state index contributed by atoms with van der Waals surface area (Å²) in [5.41, 5.74) is 7.59. The third-order valence-electron chi connectivity index (χ3n) is 5.46. The highest BCUT2D eigenvalue weighted by atomic mass is 16.5. The molecule has 1 aromatic carbocycles. The van der Waals surface area contributed by atoms with Crippen molar-refractivity contribution in [3.05, 3.63) is 35.9 Å². The Hall–Kier alpha value is -0.900. The lowest BCUT2D eigenvalue weighted by atomic mass is 9.81. The first-order chi connectivity index (χ1) is 9.72. The Morgan fingerprint density at radius 1 is 1.10 bits per heavy atom. The van der Waals surface area contributed by atoms with Gasteiger partial charge in [-0.25, -0.2) is 0 Å². The van der Waals surface area contributed by atoms with Crippen LogP contribution in [0.25, 0.3) is 0 Å². The zero-order chi connectivity index (χ0) is 13.6. The van der Waals surface area contributed by atoms with Gasteiger partial charge in [0.05, 0.1) is 11.2 Å². The lowest BCUT2D eigenvalue weighted by molar-refractivity contribution is -0.150. The van der Waals surface area contributed by atoms with Gasteiger partial charge in [0.25, 0.3) is 0 Å². The van der Waals surface area contributed by atoms with Gasteiger partial charge in [-0.3, -0.25) is 0 Å². The Balaban J connectivity index is 1.51. The zero-order valence-electron chi connectivity index (χ0n) is 12.0. The second kappa shape index (κ2) is 4.55. The molecule has 3 nitrogen and oxygen atoms in total. The lowest BCUT2D eigenvalue weighted by Crippen LogP contribution is -2.57. The highest BCUT2D eigenvalue weighted by Gasteiger charge is 2.61. The summed E-state index contributed by atoms with van der Waals surface area (Å²) in [5.74, 6) is 0.573. The highest BCUT2D eigenvalue weighted by Crippen LogP contribution is 2.58. The second-order valence-corrected chi connectivity index (χ2v) is 6.96. The first-order valence-corrected chi connectivity index (χ1v) is 7.93.